The highest BCUT2D eigenvalue weighted by Crippen LogP contribution is 2.23. The number of aliphatic carboxylic acids is 1. The Morgan fingerprint density at radius 1 is 1.53 bits per heavy atom. The van der Waals surface area contributed by atoms with Crippen molar-refractivity contribution in [1.82, 2.24) is 9.97 Å². The molecule has 1 unspecified atom stereocenters. The van der Waals surface area contributed by atoms with Crippen molar-refractivity contribution < 1.29 is 9.90 Å². The minimum absolute atomic E-state index is 0.512. The number of hydrogen-bond donors (Lipinski definition) is 2. The van der Waals surface area contributed by atoms with E-state index in [0.29, 0.717) is 5.82 Å². The van der Waals surface area contributed by atoms with Gasteiger partial charge in [-0.05, 0) is 18.4 Å². The van der Waals surface area contributed by atoms with Crippen molar-refractivity contribution in [2.45, 2.75) is 13.0 Å². The van der Waals surface area contributed by atoms with Crippen molar-refractivity contribution in [2.75, 3.05) is 5.32 Å². The molecule has 0 bridgehead atoms. The van der Waals surface area contributed by atoms with Crippen LogP contribution in [0.2, 0.25) is 0 Å². The average molecular weight is 249 g/mol. The van der Waals surface area contributed by atoms with E-state index in [4.69, 9.17) is 5.11 Å². The number of anilines is 1. The standard InChI is InChI=1S/C11H11N3O2S/c1-7(11(15)16)14-10-5-8(12-6-13-10)9-3-2-4-17-9/h2-7H,1H3,(H,15,16)(H,12,13,14). The molecule has 0 aliphatic rings. The molecule has 0 aliphatic carbocycles. The lowest BCUT2D eigenvalue weighted by atomic mass is 10.3. The fraction of sp³-hybridized carbons (Fsp3) is 0.182. The SMILES string of the molecule is CC(Nc1cc(-c2cccs2)ncn1)C(=O)O. The van der Waals surface area contributed by atoms with E-state index in [1.54, 1.807) is 24.3 Å². The van der Waals surface area contributed by atoms with Crippen LogP contribution >= 0.6 is 11.3 Å². The Balaban J connectivity index is 2.20. The number of carbonyl (C=O) groups is 1. The normalized spacial score (nSPS) is 12.1. The third kappa shape index (κ3) is 2.79. The summed E-state index contributed by atoms with van der Waals surface area (Å²) in [4.78, 5) is 19.9. The van der Waals surface area contributed by atoms with Gasteiger partial charge in [-0.2, -0.15) is 0 Å². The summed E-state index contributed by atoms with van der Waals surface area (Å²) in [5.74, 6) is -0.403. The third-order valence-electron chi connectivity index (χ3n) is 2.18. The topological polar surface area (TPSA) is 75.1 Å². The van der Waals surface area contributed by atoms with Crippen LogP contribution in [0.3, 0.4) is 0 Å². The molecule has 0 radical (unpaired) electrons. The molecule has 0 fully saturated rings. The van der Waals surface area contributed by atoms with Crippen LogP contribution in [-0.4, -0.2) is 27.1 Å². The second kappa shape index (κ2) is 4.92. The molecule has 0 aromatic carbocycles. The van der Waals surface area contributed by atoms with Crippen molar-refractivity contribution in [2.24, 2.45) is 0 Å². The van der Waals surface area contributed by atoms with Crippen LogP contribution in [0.15, 0.2) is 29.9 Å². The molecule has 2 heterocycles. The summed E-state index contributed by atoms with van der Waals surface area (Å²) in [5, 5.41) is 13.6. The van der Waals surface area contributed by atoms with Crippen molar-refractivity contribution in [1.29, 1.82) is 0 Å². The maximum absolute atomic E-state index is 10.7. The summed E-state index contributed by atoms with van der Waals surface area (Å²) in [6.07, 6.45) is 1.42. The molecule has 2 aromatic heterocycles. The van der Waals surface area contributed by atoms with Crippen LogP contribution in [-0.2, 0) is 4.79 Å². The van der Waals surface area contributed by atoms with Gasteiger partial charge in [0.2, 0.25) is 0 Å². The van der Waals surface area contributed by atoms with E-state index >= 15 is 0 Å². The van der Waals surface area contributed by atoms with Crippen molar-refractivity contribution >= 4 is 23.1 Å². The van der Waals surface area contributed by atoms with E-state index in [1.807, 2.05) is 17.5 Å². The number of carboxylic acid groups (broad SMARTS) is 1. The summed E-state index contributed by atoms with van der Waals surface area (Å²) in [5.41, 5.74) is 0.787. The van der Waals surface area contributed by atoms with Crippen LogP contribution < -0.4 is 5.32 Å². The Bertz CT molecular complexity index is 513. The van der Waals surface area contributed by atoms with E-state index in [2.05, 4.69) is 15.3 Å². The average Bonchev–Trinajstić information content (AvgIpc) is 2.82. The number of rotatable bonds is 4. The van der Waals surface area contributed by atoms with E-state index in [9.17, 15) is 4.79 Å². The molecule has 0 saturated heterocycles. The second-order valence-corrected chi connectivity index (χ2v) is 4.42. The van der Waals surface area contributed by atoms with Gasteiger partial charge in [0, 0.05) is 6.07 Å². The number of thiophene rings is 1. The smallest absolute Gasteiger partial charge is 0.325 e. The maximum atomic E-state index is 10.7. The van der Waals surface area contributed by atoms with E-state index in [0.717, 1.165) is 10.6 Å². The van der Waals surface area contributed by atoms with Gasteiger partial charge in [0.25, 0.3) is 0 Å². The fourth-order valence-corrected chi connectivity index (χ4v) is 1.97. The summed E-state index contributed by atoms with van der Waals surface area (Å²) in [6, 6.07) is 4.96. The number of carboxylic acids is 1. The number of nitrogens with zero attached hydrogens (tertiary/aromatic N) is 2. The van der Waals surface area contributed by atoms with Crippen LogP contribution in [0.25, 0.3) is 10.6 Å². The molecule has 2 N–H and O–H groups in total. The molecule has 1 atom stereocenters. The van der Waals surface area contributed by atoms with Gasteiger partial charge in [-0.3, -0.25) is 4.79 Å². The first kappa shape index (κ1) is 11.5. The number of hydrogen-bond acceptors (Lipinski definition) is 5. The molecule has 6 heteroatoms. The molecule has 0 spiro atoms. The molecule has 0 amide bonds. The van der Waals surface area contributed by atoms with Crippen molar-refractivity contribution in [3.05, 3.63) is 29.9 Å². The first-order valence-electron chi connectivity index (χ1n) is 5.02. The minimum atomic E-state index is -0.915. The Kier molecular flexibility index (Phi) is 3.34. The summed E-state index contributed by atoms with van der Waals surface area (Å²) >= 11 is 1.58. The van der Waals surface area contributed by atoms with E-state index < -0.39 is 12.0 Å². The predicted octanol–water partition coefficient (Wildman–Crippen LogP) is 2.09. The number of aromatic nitrogens is 2. The fourth-order valence-electron chi connectivity index (χ4n) is 1.28. The summed E-state index contributed by atoms with van der Waals surface area (Å²) in [6.45, 7) is 1.56. The Hall–Kier alpha value is -1.95. The maximum Gasteiger partial charge on any atom is 0.325 e. The molecule has 5 nitrogen and oxygen atoms in total. The molecule has 0 saturated carbocycles. The highest BCUT2D eigenvalue weighted by atomic mass is 32.1. The van der Waals surface area contributed by atoms with Gasteiger partial charge < -0.3 is 10.4 Å². The van der Waals surface area contributed by atoms with E-state index in [-0.39, 0.29) is 0 Å². The quantitative estimate of drug-likeness (QED) is 0.867. The zero-order valence-corrected chi connectivity index (χ0v) is 9.94. The van der Waals surface area contributed by atoms with Gasteiger partial charge in [-0.15, -0.1) is 11.3 Å². The van der Waals surface area contributed by atoms with Crippen molar-refractivity contribution in [3.8, 4) is 10.6 Å². The molecular weight excluding hydrogens is 238 g/mol. The summed E-state index contributed by atoms with van der Waals surface area (Å²) in [7, 11) is 0. The van der Waals surface area contributed by atoms with Gasteiger partial charge in [-0.25, -0.2) is 9.97 Å². The Morgan fingerprint density at radius 3 is 3.00 bits per heavy atom. The molecular formula is C11H11N3O2S. The largest absolute Gasteiger partial charge is 0.480 e. The molecule has 2 aromatic rings. The highest BCUT2D eigenvalue weighted by molar-refractivity contribution is 7.13. The molecule has 17 heavy (non-hydrogen) atoms. The second-order valence-electron chi connectivity index (χ2n) is 3.47. The Morgan fingerprint density at radius 2 is 2.35 bits per heavy atom. The van der Waals surface area contributed by atoms with Crippen LogP contribution in [0.1, 0.15) is 6.92 Å². The first-order chi connectivity index (χ1) is 8.16. The van der Waals surface area contributed by atoms with Gasteiger partial charge >= 0.3 is 5.97 Å². The molecule has 0 aliphatic heterocycles. The zero-order valence-electron chi connectivity index (χ0n) is 9.12. The van der Waals surface area contributed by atoms with Gasteiger partial charge in [0.05, 0.1) is 10.6 Å². The lowest BCUT2D eigenvalue weighted by molar-refractivity contribution is -0.137. The lowest BCUT2D eigenvalue weighted by Crippen LogP contribution is -2.25. The third-order valence-corrected chi connectivity index (χ3v) is 3.07. The predicted molar refractivity (Wildman–Crippen MR) is 66.1 cm³/mol. The van der Waals surface area contributed by atoms with E-state index in [1.165, 1.54) is 6.33 Å². The Labute approximate surface area is 102 Å². The lowest BCUT2D eigenvalue weighted by Gasteiger charge is -2.09. The van der Waals surface area contributed by atoms with Crippen LogP contribution in [0.4, 0.5) is 5.82 Å². The van der Waals surface area contributed by atoms with Crippen LogP contribution in [0, 0.1) is 0 Å². The molecule has 2 rings (SSSR count). The van der Waals surface area contributed by atoms with Crippen LogP contribution in [0.5, 0.6) is 0 Å². The monoisotopic (exact) mass is 249 g/mol. The first-order valence-corrected chi connectivity index (χ1v) is 5.90. The number of nitrogens with one attached hydrogen (secondary N) is 1. The van der Waals surface area contributed by atoms with Gasteiger partial charge in [0.15, 0.2) is 0 Å². The van der Waals surface area contributed by atoms with Gasteiger partial charge in [0.1, 0.15) is 18.2 Å². The summed E-state index contributed by atoms with van der Waals surface area (Å²) < 4.78 is 0. The van der Waals surface area contributed by atoms with Gasteiger partial charge in [-0.1, -0.05) is 6.07 Å². The zero-order chi connectivity index (χ0) is 12.3. The molecule has 88 valence electrons. The highest BCUT2D eigenvalue weighted by Gasteiger charge is 2.11. The minimum Gasteiger partial charge on any atom is -0.480 e. The van der Waals surface area contributed by atoms with Crippen molar-refractivity contribution in [3.63, 3.8) is 0 Å².